The fourth-order valence-corrected chi connectivity index (χ4v) is 3.33. The van der Waals surface area contributed by atoms with Gasteiger partial charge in [-0.2, -0.15) is 0 Å². The monoisotopic (exact) mass is 381 g/mol. The Balaban J connectivity index is 1.54. The summed E-state index contributed by atoms with van der Waals surface area (Å²) >= 11 is 7.54. The third-order valence-corrected chi connectivity index (χ3v) is 4.74. The first kappa shape index (κ1) is 16.4. The topological polar surface area (TPSA) is 72.7 Å². The number of aromatic nitrogens is 4. The molecule has 0 aliphatic carbocycles. The summed E-state index contributed by atoms with van der Waals surface area (Å²) in [5, 5.41) is 5.80. The average Bonchev–Trinajstić information content (AvgIpc) is 3.34. The van der Waals surface area contributed by atoms with Gasteiger partial charge in [0, 0.05) is 40.1 Å². The van der Waals surface area contributed by atoms with Gasteiger partial charge in [-0.05, 0) is 18.2 Å². The van der Waals surface area contributed by atoms with E-state index in [1.165, 1.54) is 11.3 Å². The third kappa shape index (κ3) is 3.35. The molecule has 0 saturated carbocycles. The smallest absolute Gasteiger partial charge is 0.257 e. The molecule has 3 heterocycles. The normalized spacial score (nSPS) is 10.7. The van der Waals surface area contributed by atoms with E-state index in [2.05, 4.69) is 20.3 Å². The quantitative estimate of drug-likeness (QED) is 0.572. The zero-order valence-corrected chi connectivity index (χ0v) is 14.9. The van der Waals surface area contributed by atoms with Crippen molar-refractivity contribution in [2.24, 2.45) is 0 Å². The van der Waals surface area contributed by atoms with Crippen molar-refractivity contribution < 1.29 is 4.79 Å². The highest BCUT2D eigenvalue weighted by Gasteiger charge is 2.12. The van der Waals surface area contributed by atoms with E-state index >= 15 is 0 Å². The van der Waals surface area contributed by atoms with Gasteiger partial charge in [0.2, 0.25) is 0 Å². The number of anilines is 1. The highest BCUT2D eigenvalue weighted by Crippen LogP contribution is 2.30. The number of nitrogens with zero attached hydrogens (tertiary/aromatic N) is 4. The Morgan fingerprint density at radius 1 is 1.19 bits per heavy atom. The molecule has 1 N–H and O–H groups in total. The molecule has 0 bridgehead atoms. The Hall–Kier alpha value is -3.03. The van der Waals surface area contributed by atoms with Gasteiger partial charge >= 0.3 is 0 Å². The molecule has 128 valence electrons. The van der Waals surface area contributed by atoms with E-state index in [4.69, 9.17) is 11.6 Å². The van der Waals surface area contributed by atoms with Crippen LogP contribution in [0.5, 0.6) is 0 Å². The Labute approximate surface area is 158 Å². The number of thiazole rings is 1. The largest absolute Gasteiger partial charge is 0.298 e. The number of imidazole rings is 1. The zero-order valence-electron chi connectivity index (χ0n) is 13.3. The van der Waals surface area contributed by atoms with Crippen molar-refractivity contribution in [3.63, 3.8) is 0 Å². The molecular weight excluding hydrogens is 370 g/mol. The molecule has 4 aromatic rings. The summed E-state index contributed by atoms with van der Waals surface area (Å²) in [4.78, 5) is 25.2. The van der Waals surface area contributed by atoms with Crippen LogP contribution in [0.4, 0.5) is 5.13 Å². The Morgan fingerprint density at radius 2 is 2.08 bits per heavy atom. The van der Waals surface area contributed by atoms with E-state index in [0.717, 1.165) is 11.3 Å². The molecule has 3 aromatic heterocycles. The predicted octanol–water partition coefficient (Wildman–Crippen LogP) is 4.30. The molecule has 26 heavy (non-hydrogen) atoms. The molecule has 0 aliphatic heterocycles. The summed E-state index contributed by atoms with van der Waals surface area (Å²) in [6, 6.07) is 10.8. The van der Waals surface area contributed by atoms with Gasteiger partial charge in [0.15, 0.2) is 5.13 Å². The van der Waals surface area contributed by atoms with Crippen LogP contribution in [0.1, 0.15) is 10.4 Å². The van der Waals surface area contributed by atoms with Crippen molar-refractivity contribution in [3.8, 4) is 17.1 Å². The summed E-state index contributed by atoms with van der Waals surface area (Å²) in [5.74, 6) is 0.361. The maximum atomic E-state index is 12.5. The summed E-state index contributed by atoms with van der Waals surface area (Å²) in [7, 11) is 0. The van der Waals surface area contributed by atoms with E-state index in [-0.39, 0.29) is 5.91 Å². The van der Waals surface area contributed by atoms with Crippen molar-refractivity contribution >= 4 is 34.0 Å². The number of benzene rings is 1. The molecule has 0 fully saturated rings. The Morgan fingerprint density at radius 3 is 2.88 bits per heavy atom. The van der Waals surface area contributed by atoms with E-state index in [9.17, 15) is 4.79 Å². The summed E-state index contributed by atoms with van der Waals surface area (Å²) in [5.41, 5.74) is 2.04. The first-order valence-electron chi connectivity index (χ1n) is 7.67. The van der Waals surface area contributed by atoms with E-state index < -0.39 is 0 Å². The number of hydrogen-bond acceptors (Lipinski definition) is 5. The second-order valence-electron chi connectivity index (χ2n) is 5.34. The van der Waals surface area contributed by atoms with Gasteiger partial charge in [0.05, 0.1) is 5.69 Å². The molecule has 0 radical (unpaired) electrons. The van der Waals surface area contributed by atoms with Gasteiger partial charge in [-0.3, -0.25) is 14.7 Å². The van der Waals surface area contributed by atoms with Crippen molar-refractivity contribution in [2.75, 3.05) is 5.32 Å². The Bertz CT molecular complexity index is 1060. The van der Waals surface area contributed by atoms with E-state index in [1.54, 1.807) is 41.6 Å². The lowest BCUT2D eigenvalue weighted by Gasteiger charge is -2.05. The lowest BCUT2D eigenvalue weighted by Crippen LogP contribution is -2.12. The predicted molar refractivity (Wildman–Crippen MR) is 102 cm³/mol. The van der Waals surface area contributed by atoms with Crippen LogP contribution in [0.3, 0.4) is 0 Å². The molecule has 0 aliphatic rings. The van der Waals surface area contributed by atoms with Crippen LogP contribution in [-0.2, 0) is 0 Å². The zero-order chi connectivity index (χ0) is 17.9. The van der Waals surface area contributed by atoms with Crippen molar-refractivity contribution in [1.82, 2.24) is 19.5 Å². The van der Waals surface area contributed by atoms with Gasteiger partial charge in [0.25, 0.3) is 5.91 Å². The van der Waals surface area contributed by atoms with Gasteiger partial charge in [-0.25, -0.2) is 15.0 Å². The number of hydrogen-bond donors (Lipinski definition) is 1. The molecule has 0 spiro atoms. The Kier molecular flexibility index (Phi) is 4.47. The van der Waals surface area contributed by atoms with Gasteiger partial charge in [-0.15, -0.1) is 11.3 Å². The fourth-order valence-electron chi connectivity index (χ4n) is 2.39. The van der Waals surface area contributed by atoms with E-state index in [1.807, 2.05) is 29.6 Å². The maximum Gasteiger partial charge on any atom is 0.257 e. The molecule has 8 heteroatoms. The fraction of sp³-hybridized carbons (Fsp3) is 0. The van der Waals surface area contributed by atoms with Crippen molar-refractivity contribution in [2.45, 2.75) is 0 Å². The van der Waals surface area contributed by atoms with E-state index in [0.29, 0.717) is 21.5 Å². The second-order valence-corrected chi connectivity index (χ2v) is 6.61. The lowest BCUT2D eigenvalue weighted by molar-refractivity contribution is 0.102. The van der Waals surface area contributed by atoms with Gasteiger partial charge in [-0.1, -0.05) is 29.8 Å². The highest BCUT2D eigenvalue weighted by atomic mass is 35.5. The molecule has 0 saturated heterocycles. The second kappa shape index (κ2) is 7.07. The molecule has 0 atom stereocenters. The van der Waals surface area contributed by atoms with Crippen LogP contribution in [-0.4, -0.2) is 25.4 Å². The molecule has 4 rings (SSSR count). The molecular formula is C18H12ClN5OS. The van der Waals surface area contributed by atoms with Crippen LogP contribution in [0.2, 0.25) is 5.02 Å². The number of carbonyl (C=O) groups is 1. The van der Waals surface area contributed by atoms with Crippen LogP contribution < -0.4 is 5.32 Å². The first-order valence-corrected chi connectivity index (χ1v) is 8.92. The first-order chi connectivity index (χ1) is 12.7. The minimum Gasteiger partial charge on any atom is -0.298 e. The number of amides is 1. The molecule has 0 unspecified atom stereocenters. The third-order valence-electron chi connectivity index (χ3n) is 3.65. The van der Waals surface area contributed by atoms with Crippen LogP contribution in [0, 0.1) is 0 Å². The lowest BCUT2D eigenvalue weighted by atomic mass is 10.2. The number of pyridine rings is 1. The van der Waals surface area contributed by atoms with Gasteiger partial charge in [0.1, 0.15) is 12.1 Å². The minimum absolute atomic E-state index is 0.256. The molecule has 1 aromatic carbocycles. The van der Waals surface area contributed by atoms with Gasteiger partial charge < -0.3 is 0 Å². The number of nitrogens with one attached hydrogen (secondary N) is 1. The number of carbonyl (C=O) groups excluding carboxylic acids is 1. The standard InChI is InChI=1S/C18H12ClN5OS/c19-14-4-2-1-3-13(14)15-10-26-18(22-15)23-17(25)12-5-6-21-16(9-12)24-8-7-20-11-24/h1-11H,(H,22,23,25). The molecule has 6 nitrogen and oxygen atoms in total. The SMILES string of the molecule is O=C(Nc1nc(-c2ccccc2Cl)cs1)c1ccnc(-n2ccnc2)c1. The average molecular weight is 382 g/mol. The minimum atomic E-state index is -0.256. The van der Waals surface area contributed by atoms with Crippen LogP contribution in [0.15, 0.2) is 66.7 Å². The van der Waals surface area contributed by atoms with Crippen molar-refractivity contribution in [1.29, 1.82) is 0 Å². The number of halogens is 1. The summed E-state index contributed by atoms with van der Waals surface area (Å²) in [6.07, 6.45) is 6.63. The molecule has 1 amide bonds. The van der Waals surface area contributed by atoms with Crippen LogP contribution >= 0.6 is 22.9 Å². The number of rotatable bonds is 4. The van der Waals surface area contributed by atoms with Crippen LogP contribution in [0.25, 0.3) is 17.1 Å². The summed E-state index contributed by atoms with van der Waals surface area (Å²) < 4.78 is 1.73. The maximum absolute atomic E-state index is 12.5. The summed E-state index contributed by atoms with van der Waals surface area (Å²) in [6.45, 7) is 0. The van der Waals surface area contributed by atoms with Crippen molar-refractivity contribution in [3.05, 3.63) is 77.3 Å². The highest BCUT2D eigenvalue weighted by molar-refractivity contribution is 7.14.